The largest absolute Gasteiger partial charge is 0.335 e. The van der Waals surface area contributed by atoms with E-state index < -0.39 is 22.8 Å². The molecule has 1 fully saturated rings. The molecule has 0 atom stereocenters. The number of carbonyl (C=O) groups excluding carboxylic acids is 3. The Morgan fingerprint density at radius 1 is 1.03 bits per heavy atom. The standard InChI is InChI=1S/C23H16BrClN4O5/c1-12-9-14(13(2)27(12)17-7-8-20(29(33)34)19(25)11-17)10-18-21(30)26-23(32)28(22(18)31)16-5-3-15(24)4-6-16/h3-11H,1-2H3,(H,26,30,32)/b18-10+. The number of anilines is 1. The number of hydrogen-bond acceptors (Lipinski definition) is 5. The molecular weight excluding hydrogens is 528 g/mol. The van der Waals surface area contributed by atoms with Gasteiger partial charge in [-0.05, 0) is 68.0 Å². The summed E-state index contributed by atoms with van der Waals surface area (Å²) < 4.78 is 2.57. The highest BCUT2D eigenvalue weighted by molar-refractivity contribution is 9.10. The average Bonchev–Trinajstić information content (AvgIpc) is 3.04. The molecule has 0 aliphatic carbocycles. The van der Waals surface area contributed by atoms with Crippen LogP contribution in [0.4, 0.5) is 16.2 Å². The summed E-state index contributed by atoms with van der Waals surface area (Å²) in [6.07, 6.45) is 1.42. The van der Waals surface area contributed by atoms with E-state index in [4.69, 9.17) is 11.6 Å². The zero-order valence-electron chi connectivity index (χ0n) is 17.8. The van der Waals surface area contributed by atoms with E-state index >= 15 is 0 Å². The summed E-state index contributed by atoms with van der Waals surface area (Å²) in [7, 11) is 0. The van der Waals surface area contributed by atoms with Crippen LogP contribution in [-0.2, 0) is 9.59 Å². The molecule has 11 heteroatoms. The molecule has 0 spiro atoms. The molecule has 0 unspecified atom stereocenters. The SMILES string of the molecule is Cc1cc(/C=C2\C(=O)NC(=O)N(c3ccc(Br)cc3)C2=O)c(C)n1-c1ccc([N+](=O)[O-])c(Cl)c1. The van der Waals surface area contributed by atoms with Gasteiger partial charge in [-0.3, -0.25) is 25.0 Å². The van der Waals surface area contributed by atoms with Crippen LogP contribution in [-0.4, -0.2) is 27.3 Å². The van der Waals surface area contributed by atoms with Gasteiger partial charge in [0.1, 0.15) is 10.6 Å². The molecular formula is C23H16BrClN4O5. The summed E-state index contributed by atoms with van der Waals surface area (Å²) in [5.41, 5.74) is 2.47. The Morgan fingerprint density at radius 2 is 1.68 bits per heavy atom. The number of rotatable bonds is 4. The van der Waals surface area contributed by atoms with Crippen molar-refractivity contribution in [2.45, 2.75) is 13.8 Å². The number of imide groups is 2. The summed E-state index contributed by atoms with van der Waals surface area (Å²) in [5.74, 6) is -1.55. The van der Waals surface area contributed by atoms with Gasteiger partial charge in [-0.15, -0.1) is 0 Å². The van der Waals surface area contributed by atoms with Crippen LogP contribution in [0.3, 0.4) is 0 Å². The normalized spacial score (nSPS) is 15.1. The molecule has 1 N–H and O–H groups in total. The Morgan fingerprint density at radius 3 is 2.29 bits per heavy atom. The molecule has 4 amide bonds. The first-order chi connectivity index (χ1) is 16.1. The molecule has 1 aromatic heterocycles. The molecule has 4 rings (SSSR count). The van der Waals surface area contributed by atoms with E-state index in [-0.39, 0.29) is 16.3 Å². The van der Waals surface area contributed by atoms with Crippen LogP contribution < -0.4 is 10.2 Å². The summed E-state index contributed by atoms with van der Waals surface area (Å²) in [6, 6.07) is 11.8. The van der Waals surface area contributed by atoms with Gasteiger partial charge in [0.15, 0.2) is 0 Å². The van der Waals surface area contributed by atoms with Crippen LogP contribution in [0.1, 0.15) is 17.0 Å². The fraction of sp³-hybridized carbons (Fsp3) is 0.0870. The topological polar surface area (TPSA) is 115 Å². The van der Waals surface area contributed by atoms with Gasteiger partial charge in [0.25, 0.3) is 17.5 Å². The third-order valence-electron chi connectivity index (χ3n) is 5.34. The summed E-state index contributed by atoms with van der Waals surface area (Å²) >= 11 is 9.38. The van der Waals surface area contributed by atoms with Crippen molar-refractivity contribution in [2.75, 3.05) is 4.90 Å². The highest BCUT2D eigenvalue weighted by atomic mass is 79.9. The maximum Gasteiger partial charge on any atom is 0.335 e. The first kappa shape index (κ1) is 23.4. The van der Waals surface area contributed by atoms with Crippen LogP contribution in [0.2, 0.25) is 5.02 Å². The zero-order chi connectivity index (χ0) is 24.7. The molecule has 0 saturated carbocycles. The van der Waals surface area contributed by atoms with E-state index in [9.17, 15) is 24.5 Å². The van der Waals surface area contributed by atoms with Gasteiger partial charge in [0, 0.05) is 27.6 Å². The Kier molecular flexibility index (Phi) is 6.11. The Labute approximate surface area is 206 Å². The Bertz CT molecular complexity index is 1410. The number of nitro groups is 1. The number of barbiturate groups is 1. The first-order valence-electron chi connectivity index (χ1n) is 9.88. The summed E-state index contributed by atoms with van der Waals surface area (Å²) in [4.78, 5) is 49.4. The molecule has 1 saturated heterocycles. The molecule has 2 heterocycles. The minimum Gasteiger partial charge on any atom is -0.318 e. The minimum absolute atomic E-state index is 0.0135. The van der Waals surface area contributed by atoms with Crippen molar-refractivity contribution in [3.63, 3.8) is 0 Å². The highest BCUT2D eigenvalue weighted by Gasteiger charge is 2.37. The number of nitrogens with zero attached hydrogens (tertiary/aromatic N) is 3. The van der Waals surface area contributed by atoms with Crippen molar-refractivity contribution in [1.29, 1.82) is 0 Å². The van der Waals surface area contributed by atoms with Crippen LogP contribution in [0.15, 0.2) is 58.6 Å². The van der Waals surface area contributed by atoms with Gasteiger partial charge in [-0.1, -0.05) is 27.5 Å². The number of urea groups is 1. The molecule has 172 valence electrons. The van der Waals surface area contributed by atoms with E-state index in [1.54, 1.807) is 47.9 Å². The van der Waals surface area contributed by atoms with E-state index in [1.807, 2.05) is 6.92 Å². The number of nitrogens with one attached hydrogen (secondary N) is 1. The number of hydrogen-bond donors (Lipinski definition) is 1. The molecule has 34 heavy (non-hydrogen) atoms. The lowest BCUT2D eigenvalue weighted by molar-refractivity contribution is -0.384. The lowest BCUT2D eigenvalue weighted by Crippen LogP contribution is -2.54. The minimum atomic E-state index is -0.833. The number of carbonyl (C=O) groups is 3. The molecule has 9 nitrogen and oxygen atoms in total. The lowest BCUT2D eigenvalue weighted by Gasteiger charge is -2.26. The van der Waals surface area contributed by atoms with Gasteiger partial charge < -0.3 is 4.57 Å². The maximum absolute atomic E-state index is 13.1. The van der Waals surface area contributed by atoms with Crippen molar-refractivity contribution >= 4 is 62.8 Å². The van der Waals surface area contributed by atoms with Crippen molar-refractivity contribution in [3.05, 3.63) is 90.7 Å². The molecule has 1 aliphatic rings. The molecule has 2 aromatic carbocycles. The Hall–Kier alpha value is -3.76. The molecule has 1 aliphatic heterocycles. The number of aromatic nitrogens is 1. The van der Waals surface area contributed by atoms with Crippen molar-refractivity contribution < 1.29 is 19.3 Å². The van der Waals surface area contributed by atoms with Gasteiger partial charge in [-0.2, -0.15) is 0 Å². The lowest BCUT2D eigenvalue weighted by atomic mass is 10.1. The fourth-order valence-electron chi connectivity index (χ4n) is 3.75. The quantitative estimate of drug-likeness (QED) is 0.213. The highest BCUT2D eigenvalue weighted by Crippen LogP contribution is 2.30. The molecule has 0 bridgehead atoms. The molecule has 0 radical (unpaired) electrons. The maximum atomic E-state index is 13.1. The number of benzene rings is 2. The van der Waals surface area contributed by atoms with Gasteiger partial charge in [-0.25, -0.2) is 9.69 Å². The number of aryl methyl sites for hydroxylation is 1. The van der Waals surface area contributed by atoms with Crippen molar-refractivity contribution in [3.8, 4) is 5.69 Å². The zero-order valence-corrected chi connectivity index (χ0v) is 20.2. The first-order valence-corrected chi connectivity index (χ1v) is 11.1. The second-order valence-electron chi connectivity index (χ2n) is 7.49. The third-order valence-corrected chi connectivity index (χ3v) is 6.17. The van der Waals surface area contributed by atoms with Gasteiger partial charge in [0.2, 0.25) is 0 Å². The van der Waals surface area contributed by atoms with E-state index in [2.05, 4.69) is 21.2 Å². The third kappa shape index (κ3) is 4.13. The smallest absolute Gasteiger partial charge is 0.318 e. The van der Waals surface area contributed by atoms with E-state index in [0.717, 1.165) is 15.1 Å². The fourth-order valence-corrected chi connectivity index (χ4v) is 4.26. The number of amides is 4. The average molecular weight is 544 g/mol. The van der Waals surface area contributed by atoms with Crippen LogP contribution in [0.25, 0.3) is 11.8 Å². The second kappa shape index (κ2) is 8.88. The second-order valence-corrected chi connectivity index (χ2v) is 8.81. The Balaban J connectivity index is 1.75. The van der Waals surface area contributed by atoms with Crippen LogP contribution in [0.5, 0.6) is 0 Å². The van der Waals surface area contributed by atoms with Crippen LogP contribution in [0, 0.1) is 24.0 Å². The molecule has 3 aromatic rings. The predicted octanol–water partition coefficient (Wildman–Crippen LogP) is 5.08. The van der Waals surface area contributed by atoms with Crippen molar-refractivity contribution in [2.24, 2.45) is 0 Å². The summed E-state index contributed by atoms with van der Waals surface area (Å²) in [5, 5.41) is 13.3. The van der Waals surface area contributed by atoms with Crippen molar-refractivity contribution in [1.82, 2.24) is 9.88 Å². The van der Waals surface area contributed by atoms with E-state index in [0.29, 0.717) is 22.6 Å². The predicted molar refractivity (Wildman–Crippen MR) is 130 cm³/mol. The summed E-state index contributed by atoms with van der Waals surface area (Å²) in [6.45, 7) is 3.59. The number of nitro benzene ring substituents is 1. The van der Waals surface area contributed by atoms with Crippen LogP contribution >= 0.6 is 27.5 Å². The number of halogens is 2. The van der Waals surface area contributed by atoms with E-state index in [1.165, 1.54) is 18.2 Å². The monoisotopic (exact) mass is 542 g/mol. The van der Waals surface area contributed by atoms with Gasteiger partial charge in [0.05, 0.1) is 10.6 Å². The van der Waals surface area contributed by atoms with Gasteiger partial charge >= 0.3 is 6.03 Å².